The Kier molecular flexibility index (Phi) is 7.01. The summed E-state index contributed by atoms with van der Waals surface area (Å²) in [6.45, 7) is 4.64. The van der Waals surface area contributed by atoms with Gasteiger partial charge in [0.2, 0.25) is 5.78 Å². The number of ether oxygens (including phenoxy) is 4. The van der Waals surface area contributed by atoms with Crippen LogP contribution in [0.5, 0.6) is 11.5 Å². The number of esters is 1. The summed E-state index contributed by atoms with van der Waals surface area (Å²) in [7, 11) is 4.59. The number of nitrogens with zero attached hydrogens (tertiary/aromatic N) is 1. The van der Waals surface area contributed by atoms with Crippen LogP contribution in [0.15, 0.2) is 24.3 Å². The molecule has 2 rings (SSSR count). The van der Waals surface area contributed by atoms with Gasteiger partial charge < -0.3 is 23.5 Å². The molecule has 0 aliphatic carbocycles. The van der Waals surface area contributed by atoms with Crippen molar-refractivity contribution in [2.75, 3.05) is 34.5 Å². The summed E-state index contributed by atoms with van der Waals surface area (Å²) in [6.07, 6.45) is 0. The van der Waals surface area contributed by atoms with Gasteiger partial charge in [-0.15, -0.1) is 0 Å². The van der Waals surface area contributed by atoms with Crippen molar-refractivity contribution in [3.63, 3.8) is 0 Å². The van der Waals surface area contributed by atoms with Gasteiger partial charge in [-0.2, -0.15) is 0 Å². The minimum atomic E-state index is -0.646. The van der Waals surface area contributed by atoms with E-state index in [2.05, 4.69) is 0 Å². The van der Waals surface area contributed by atoms with Gasteiger partial charge in [-0.1, -0.05) is 0 Å². The first kappa shape index (κ1) is 20.5. The van der Waals surface area contributed by atoms with E-state index in [-0.39, 0.29) is 18.0 Å². The van der Waals surface area contributed by atoms with E-state index in [1.807, 2.05) is 18.4 Å². The van der Waals surface area contributed by atoms with Crippen molar-refractivity contribution in [1.29, 1.82) is 0 Å². The van der Waals surface area contributed by atoms with Crippen LogP contribution in [-0.4, -0.2) is 50.9 Å². The first-order valence-electron chi connectivity index (χ1n) is 8.51. The Hall–Kier alpha value is -2.80. The predicted octanol–water partition coefficient (Wildman–Crippen LogP) is 2.81. The molecule has 146 valence electrons. The number of aromatic nitrogens is 1. The minimum absolute atomic E-state index is 0.204. The zero-order valence-corrected chi connectivity index (χ0v) is 16.3. The average Bonchev–Trinajstić information content (AvgIpc) is 2.97. The predicted molar refractivity (Wildman–Crippen MR) is 99.9 cm³/mol. The highest BCUT2D eigenvalue weighted by Gasteiger charge is 2.20. The molecule has 27 heavy (non-hydrogen) atoms. The van der Waals surface area contributed by atoms with Crippen molar-refractivity contribution in [2.24, 2.45) is 0 Å². The van der Waals surface area contributed by atoms with Crippen molar-refractivity contribution in [3.05, 3.63) is 46.8 Å². The molecule has 0 unspecified atom stereocenters. The second kappa shape index (κ2) is 9.23. The summed E-state index contributed by atoms with van der Waals surface area (Å²) >= 11 is 0. The lowest BCUT2D eigenvalue weighted by atomic mass is 10.1. The third-order valence-corrected chi connectivity index (χ3v) is 4.35. The van der Waals surface area contributed by atoms with Crippen molar-refractivity contribution >= 4 is 11.8 Å². The maximum atomic E-state index is 12.5. The standard InChI is InChI=1S/C20H25NO6/c1-13-10-16(14(2)21(13)8-9-24-3)18(22)12-27-20(23)17-11-15(25-4)6-7-19(17)26-5/h6-7,10-11H,8-9,12H2,1-5H3. The largest absolute Gasteiger partial charge is 0.497 e. The zero-order valence-electron chi connectivity index (χ0n) is 16.3. The van der Waals surface area contributed by atoms with Crippen LogP contribution in [0.1, 0.15) is 32.1 Å². The van der Waals surface area contributed by atoms with Crippen LogP contribution in [-0.2, 0) is 16.0 Å². The van der Waals surface area contributed by atoms with Crippen LogP contribution in [0.3, 0.4) is 0 Å². The fraction of sp³-hybridized carbons (Fsp3) is 0.400. The average molecular weight is 375 g/mol. The highest BCUT2D eigenvalue weighted by atomic mass is 16.5. The van der Waals surface area contributed by atoms with Gasteiger partial charge >= 0.3 is 5.97 Å². The third-order valence-electron chi connectivity index (χ3n) is 4.35. The number of hydrogen-bond acceptors (Lipinski definition) is 6. The van der Waals surface area contributed by atoms with Crippen molar-refractivity contribution in [2.45, 2.75) is 20.4 Å². The molecule has 0 atom stereocenters. The molecular formula is C20H25NO6. The number of rotatable bonds is 9. The first-order valence-corrected chi connectivity index (χ1v) is 8.51. The number of Topliss-reactive ketones (excluding diaryl/α,β-unsaturated/α-hetero) is 1. The lowest BCUT2D eigenvalue weighted by molar-refractivity contribution is 0.0471. The Morgan fingerprint density at radius 1 is 1.00 bits per heavy atom. The van der Waals surface area contributed by atoms with Gasteiger partial charge in [-0.3, -0.25) is 4.79 Å². The van der Waals surface area contributed by atoms with Gasteiger partial charge in [0.25, 0.3) is 0 Å². The first-order chi connectivity index (χ1) is 12.9. The number of carbonyl (C=O) groups excluding carboxylic acids is 2. The number of carbonyl (C=O) groups is 2. The lowest BCUT2D eigenvalue weighted by Crippen LogP contribution is -2.16. The molecule has 0 saturated heterocycles. The topological polar surface area (TPSA) is 76.0 Å². The van der Waals surface area contributed by atoms with Gasteiger partial charge in [-0.25, -0.2) is 4.79 Å². The lowest BCUT2D eigenvalue weighted by Gasteiger charge is -2.10. The second-order valence-electron chi connectivity index (χ2n) is 5.99. The van der Waals surface area contributed by atoms with E-state index in [0.717, 1.165) is 11.4 Å². The molecule has 0 saturated carbocycles. The zero-order chi connectivity index (χ0) is 20.0. The van der Waals surface area contributed by atoms with Gasteiger partial charge in [0.05, 0.1) is 20.8 Å². The molecule has 0 fully saturated rings. The van der Waals surface area contributed by atoms with Gasteiger partial charge in [0, 0.05) is 30.6 Å². The summed E-state index contributed by atoms with van der Waals surface area (Å²) in [5.41, 5.74) is 2.52. The van der Waals surface area contributed by atoms with Crippen LogP contribution >= 0.6 is 0 Å². The van der Waals surface area contributed by atoms with Crippen LogP contribution < -0.4 is 9.47 Å². The van der Waals surface area contributed by atoms with E-state index in [1.54, 1.807) is 25.3 Å². The smallest absolute Gasteiger partial charge is 0.342 e. The van der Waals surface area contributed by atoms with Crippen molar-refractivity contribution in [1.82, 2.24) is 4.57 Å². The fourth-order valence-electron chi connectivity index (χ4n) is 2.87. The molecule has 0 bridgehead atoms. The molecule has 2 aromatic rings. The molecule has 7 nitrogen and oxygen atoms in total. The summed E-state index contributed by atoms with van der Waals surface area (Å²) < 4.78 is 22.6. The highest BCUT2D eigenvalue weighted by Crippen LogP contribution is 2.25. The number of aryl methyl sites for hydroxylation is 1. The maximum Gasteiger partial charge on any atom is 0.342 e. The summed E-state index contributed by atoms with van der Waals surface area (Å²) in [6, 6.07) is 6.60. The molecule has 0 amide bonds. The Balaban J connectivity index is 2.11. The second-order valence-corrected chi connectivity index (χ2v) is 5.99. The molecule has 1 aromatic heterocycles. The van der Waals surface area contributed by atoms with E-state index < -0.39 is 5.97 Å². The van der Waals surface area contributed by atoms with Gasteiger partial charge in [-0.05, 0) is 38.1 Å². The van der Waals surface area contributed by atoms with E-state index in [1.165, 1.54) is 20.3 Å². The van der Waals surface area contributed by atoms with E-state index in [9.17, 15) is 9.59 Å². The van der Waals surface area contributed by atoms with Crippen molar-refractivity contribution < 1.29 is 28.5 Å². The number of methoxy groups -OCH3 is 3. The van der Waals surface area contributed by atoms with E-state index >= 15 is 0 Å². The molecule has 0 spiro atoms. The summed E-state index contributed by atoms with van der Waals surface area (Å²) in [4.78, 5) is 24.9. The van der Waals surface area contributed by atoms with Crippen LogP contribution in [0.2, 0.25) is 0 Å². The molecule has 1 aromatic carbocycles. The Morgan fingerprint density at radius 3 is 2.37 bits per heavy atom. The molecule has 0 radical (unpaired) electrons. The molecular weight excluding hydrogens is 350 g/mol. The van der Waals surface area contributed by atoms with Crippen LogP contribution in [0.4, 0.5) is 0 Å². The highest BCUT2D eigenvalue weighted by molar-refractivity contribution is 6.01. The SMILES string of the molecule is COCCn1c(C)cc(C(=O)COC(=O)c2cc(OC)ccc2OC)c1C. The third kappa shape index (κ3) is 4.68. The van der Waals surface area contributed by atoms with E-state index in [4.69, 9.17) is 18.9 Å². The van der Waals surface area contributed by atoms with Crippen LogP contribution in [0, 0.1) is 13.8 Å². The Labute approximate surface area is 158 Å². The maximum absolute atomic E-state index is 12.5. The number of hydrogen-bond donors (Lipinski definition) is 0. The normalized spacial score (nSPS) is 10.6. The minimum Gasteiger partial charge on any atom is -0.497 e. The molecule has 0 aliphatic rings. The van der Waals surface area contributed by atoms with Crippen LogP contribution in [0.25, 0.3) is 0 Å². The molecule has 1 heterocycles. The quantitative estimate of drug-likeness (QED) is 0.496. The molecule has 0 N–H and O–H groups in total. The summed E-state index contributed by atoms with van der Waals surface area (Å²) in [5.74, 6) is -0.0592. The van der Waals surface area contributed by atoms with E-state index in [0.29, 0.717) is 30.2 Å². The number of ketones is 1. The fourth-order valence-corrected chi connectivity index (χ4v) is 2.87. The van der Waals surface area contributed by atoms with Gasteiger partial charge in [0.1, 0.15) is 17.1 Å². The Bertz CT molecular complexity index is 824. The van der Waals surface area contributed by atoms with Crippen molar-refractivity contribution in [3.8, 4) is 11.5 Å². The number of benzene rings is 1. The van der Waals surface area contributed by atoms with Gasteiger partial charge in [0.15, 0.2) is 6.61 Å². The summed E-state index contributed by atoms with van der Waals surface area (Å²) in [5, 5.41) is 0. The molecule has 7 heteroatoms. The Morgan fingerprint density at radius 2 is 1.74 bits per heavy atom. The monoisotopic (exact) mass is 375 g/mol. The molecule has 0 aliphatic heterocycles.